The van der Waals surface area contributed by atoms with Crippen LogP contribution in [-0.4, -0.2) is 24.0 Å². The molecule has 0 aliphatic rings. The van der Waals surface area contributed by atoms with Gasteiger partial charge in [0.05, 0.1) is 6.04 Å². The van der Waals surface area contributed by atoms with Crippen LogP contribution in [0.4, 0.5) is 4.79 Å². The molecule has 3 amide bonds. The van der Waals surface area contributed by atoms with E-state index in [1.165, 1.54) is 0 Å². The van der Waals surface area contributed by atoms with Gasteiger partial charge in [0.25, 0.3) is 0 Å². The van der Waals surface area contributed by atoms with Crippen molar-refractivity contribution in [2.45, 2.75) is 39.8 Å². The van der Waals surface area contributed by atoms with Crippen LogP contribution in [0, 0.1) is 5.92 Å². The van der Waals surface area contributed by atoms with E-state index >= 15 is 0 Å². The fraction of sp³-hybridized carbons (Fsp3) is 0.778. The number of amides is 3. The standard InChI is InChI=1S/C9H19N3O2/c1-5(2)6(3)11-7(4)8(13)12-9(10)14/h5-7,11H,1-4H3,(H3,10,12,13,14). The number of hydrogen-bond acceptors (Lipinski definition) is 3. The van der Waals surface area contributed by atoms with Crippen LogP contribution >= 0.6 is 0 Å². The maximum atomic E-state index is 11.2. The molecule has 2 atom stereocenters. The molecule has 82 valence electrons. The summed E-state index contributed by atoms with van der Waals surface area (Å²) in [4.78, 5) is 21.6. The Morgan fingerprint density at radius 2 is 1.64 bits per heavy atom. The summed E-state index contributed by atoms with van der Waals surface area (Å²) in [6, 6.07) is -1.02. The van der Waals surface area contributed by atoms with E-state index in [1.54, 1.807) is 6.92 Å². The molecule has 0 aromatic rings. The first-order chi connectivity index (χ1) is 6.34. The quantitative estimate of drug-likeness (QED) is 0.607. The minimum absolute atomic E-state index is 0.212. The average molecular weight is 201 g/mol. The Balaban J connectivity index is 4.01. The van der Waals surface area contributed by atoms with E-state index in [4.69, 9.17) is 5.73 Å². The Hall–Kier alpha value is -1.10. The molecular weight excluding hydrogens is 182 g/mol. The molecule has 0 saturated heterocycles. The van der Waals surface area contributed by atoms with Crippen LogP contribution in [0.15, 0.2) is 0 Å². The maximum absolute atomic E-state index is 11.2. The van der Waals surface area contributed by atoms with E-state index in [-0.39, 0.29) is 6.04 Å². The smallest absolute Gasteiger partial charge is 0.318 e. The van der Waals surface area contributed by atoms with Crippen LogP contribution in [0.2, 0.25) is 0 Å². The van der Waals surface area contributed by atoms with Crippen molar-refractivity contribution < 1.29 is 9.59 Å². The van der Waals surface area contributed by atoms with Gasteiger partial charge in [0, 0.05) is 6.04 Å². The van der Waals surface area contributed by atoms with Crippen LogP contribution in [0.25, 0.3) is 0 Å². The van der Waals surface area contributed by atoms with Gasteiger partial charge in [0.2, 0.25) is 5.91 Å². The monoisotopic (exact) mass is 201 g/mol. The van der Waals surface area contributed by atoms with Crippen molar-refractivity contribution in [2.75, 3.05) is 0 Å². The van der Waals surface area contributed by atoms with E-state index < -0.39 is 18.0 Å². The molecule has 0 bridgehead atoms. The molecule has 0 aliphatic carbocycles. The molecule has 0 aromatic heterocycles. The van der Waals surface area contributed by atoms with Crippen LogP contribution in [-0.2, 0) is 4.79 Å². The summed E-state index contributed by atoms with van der Waals surface area (Å²) in [5.41, 5.74) is 4.82. The highest BCUT2D eigenvalue weighted by atomic mass is 16.2. The Kier molecular flexibility index (Phi) is 5.15. The van der Waals surface area contributed by atoms with E-state index in [0.717, 1.165) is 0 Å². The molecule has 0 aliphatic heterocycles. The zero-order valence-corrected chi connectivity index (χ0v) is 9.13. The SMILES string of the molecule is CC(NC(C)C(C)C)C(=O)NC(N)=O. The topological polar surface area (TPSA) is 84.2 Å². The lowest BCUT2D eigenvalue weighted by Gasteiger charge is -2.21. The number of carbonyl (C=O) groups excluding carboxylic acids is 2. The fourth-order valence-corrected chi connectivity index (χ4v) is 0.892. The average Bonchev–Trinajstić information content (AvgIpc) is 2.02. The molecule has 5 nitrogen and oxygen atoms in total. The molecular formula is C9H19N3O2. The Morgan fingerprint density at radius 1 is 1.14 bits per heavy atom. The number of urea groups is 1. The number of nitrogens with two attached hydrogens (primary N) is 1. The van der Waals surface area contributed by atoms with Gasteiger partial charge in [0.1, 0.15) is 0 Å². The van der Waals surface area contributed by atoms with Gasteiger partial charge in [-0.1, -0.05) is 13.8 Å². The first-order valence-corrected chi connectivity index (χ1v) is 4.71. The van der Waals surface area contributed by atoms with E-state index in [2.05, 4.69) is 19.2 Å². The summed E-state index contributed by atoms with van der Waals surface area (Å²) in [5, 5.41) is 5.09. The molecule has 14 heavy (non-hydrogen) atoms. The number of rotatable bonds is 4. The number of imide groups is 1. The Bertz CT molecular complexity index is 216. The second-order valence-electron chi connectivity index (χ2n) is 3.77. The normalized spacial score (nSPS) is 14.9. The first-order valence-electron chi connectivity index (χ1n) is 4.71. The lowest BCUT2D eigenvalue weighted by Crippen LogP contribution is -2.49. The van der Waals surface area contributed by atoms with Crippen molar-refractivity contribution >= 4 is 11.9 Å². The van der Waals surface area contributed by atoms with Gasteiger partial charge in [-0.2, -0.15) is 0 Å². The third-order valence-electron chi connectivity index (χ3n) is 2.15. The molecule has 0 fully saturated rings. The molecule has 0 rings (SSSR count). The third-order valence-corrected chi connectivity index (χ3v) is 2.15. The molecule has 0 radical (unpaired) electrons. The highest BCUT2D eigenvalue weighted by molar-refractivity contribution is 5.96. The molecule has 5 heteroatoms. The predicted octanol–water partition coefficient (Wildman–Crippen LogP) is 0.204. The summed E-state index contributed by atoms with van der Waals surface area (Å²) in [6.45, 7) is 7.78. The number of nitrogens with one attached hydrogen (secondary N) is 2. The van der Waals surface area contributed by atoms with Crippen molar-refractivity contribution in [3.63, 3.8) is 0 Å². The van der Waals surface area contributed by atoms with Gasteiger partial charge < -0.3 is 11.1 Å². The second kappa shape index (κ2) is 5.59. The number of carbonyl (C=O) groups is 2. The fourth-order valence-electron chi connectivity index (χ4n) is 0.892. The minimum Gasteiger partial charge on any atom is -0.351 e. The van der Waals surface area contributed by atoms with Gasteiger partial charge in [-0.15, -0.1) is 0 Å². The third kappa shape index (κ3) is 4.81. The van der Waals surface area contributed by atoms with Gasteiger partial charge in [-0.3, -0.25) is 10.1 Å². The Labute approximate surface area is 84.4 Å². The van der Waals surface area contributed by atoms with Crippen LogP contribution in [0.5, 0.6) is 0 Å². The molecule has 2 unspecified atom stereocenters. The zero-order valence-electron chi connectivity index (χ0n) is 9.13. The van der Waals surface area contributed by atoms with Crippen molar-refractivity contribution in [3.05, 3.63) is 0 Å². The van der Waals surface area contributed by atoms with Crippen molar-refractivity contribution in [1.82, 2.24) is 10.6 Å². The predicted molar refractivity (Wildman–Crippen MR) is 54.6 cm³/mol. The van der Waals surface area contributed by atoms with E-state index in [1.807, 2.05) is 12.2 Å². The first kappa shape index (κ1) is 12.9. The molecule has 0 aromatic carbocycles. The largest absolute Gasteiger partial charge is 0.351 e. The van der Waals surface area contributed by atoms with Crippen molar-refractivity contribution in [3.8, 4) is 0 Å². The summed E-state index contributed by atoms with van der Waals surface area (Å²) in [6.07, 6.45) is 0. The summed E-state index contributed by atoms with van der Waals surface area (Å²) < 4.78 is 0. The summed E-state index contributed by atoms with van der Waals surface area (Å²) in [5.74, 6) is 0.0313. The highest BCUT2D eigenvalue weighted by Crippen LogP contribution is 2.00. The van der Waals surface area contributed by atoms with E-state index in [0.29, 0.717) is 5.92 Å². The number of hydrogen-bond donors (Lipinski definition) is 3. The van der Waals surface area contributed by atoms with Crippen molar-refractivity contribution in [1.29, 1.82) is 0 Å². The Morgan fingerprint density at radius 3 is 2.00 bits per heavy atom. The summed E-state index contributed by atoms with van der Waals surface area (Å²) >= 11 is 0. The minimum atomic E-state index is -0.819. The van der Waals surface area contributed by atoms with Gasteiger partial charge in [-0.25, -0.2) is 4.79 Å². The van der Waals surface area contributed by atoms with Gasteiger partial charge in [-0.05, 0) is 19.8 Å². The van der Waals surface area contributed by atoms with Crippen molar-refractivity contribution in [2.24, 2.45) is 11.7 Å². The maximum Gasteiger partial charge on any atom is 0.318 e. The highest BCUT2D eigenvalue weighted by Gasteiger charge is 2.17. The van der Waals surface area contributed by atoms with Gasteiger partial charge in [0.15, 0.2) is 0 Å². The van der Waals surface area contributed by atoms with Crippen LogP contribution < -0.4 is 16.4 Å². The zero-order chi connectivity index (χ0) is 11.3. The molecule has 4 N–H and O–H groups in total. The molecule has 0 saturated carbocycles. The summed E-state index contributed by atoms with van der Waals surface area (Å²) in [7, 11) is 0. The van der Waals surface area contributed by atoms with E-state index in [9.17, 15) is 9.59 Å². The van der Waals surface area contributed by atoms with Crippen LogP contribution in [0.1, 0.15) is 27.7 Å². The molecule has 0 heterocycles. The lowest BCUT2D eigenvalue weighted by atomic mass is 10.1. The van der Waals surface area contributed by atoms with Crippen LogP contribution in [0.3, 0.4) is 0 Å². The lowest BCUT2D eigenvalue weighted by molar-refractivity contribution is -0.121. The number of primary amides is 1. The van der Waals surface area contributed by atoms with Gasteiger partial charge >= 0.3 is 6.03 Å². The molecule has 0 spiro atoms. The second-order valence-corrected chi connectivity index (χ2v) is 3.77.